The fourth-order valence-corrected chi connectivity index (χ4v) is 4.22. The van der Waals surface area contributed by atoms with Gasteiger partial charge in [-0.05, 0) is 25.3 Å². The van der Waals surface area contributed by atoms with Gasteiger partial charge in [0, 0.05) is 24.2 Å². The molecule has 0 saturated carbocycles. The minimum Gasteiger partial charge on any atom is -0.383 e. The fourth-order valence-electron chi connectivity index (χ4n) is 3.48. The van der Waals surface area contributed by atoms with Gasteiger partial charge in [-0.2, -0.15) is 30.4 Å². The molecule has 1 aliphatic rings. The highest BCUT2D eigenvalue weighted by Crippen LogP contribution is 2.42. The van der Waals surface area contributed by atoms with E-state index in [0.717, 1.165) is 25.0 Å². The molecule has 2 aromatic rings. The number of nitrogens with zero attached hydrogens (tertiary/aromatic N) is 3. The third kappa shape index (κ3) is 4.21. The molecule has 0 bridgehead atoms. The molecule has 1 N–H and O–H groups in total. The lowest BCUT2D eigenvalue weighted by Gasteiger charge is -2.39. The van der Waals surface area contributed by atoms with Crippen LogP contribution >= 0.6 is 25.3 Å². The standard InChI is InChI=1S/C17H21F2N3O2S2/c18-11-3-4-13(15(19)6-11)17(23,8-22-10-20-9-21-22)14(16(25)26)7-12-2-1-5-24-12/h3-4,6,9-10,12,14,16,23,25-26H,1-2,5,7-8H2/t12?,14-,17-/m0/s1. The van der Waals surface area contributed by atoms with Crippen molar-refractivity contribution in [2.75, 3.05) is 6.61 Å². The predicted octanol–water partition coefficient (Wildman–Crippen LogP) is 2.82. The number of rotatable bonds is 7. The average molecular weight is 402 g/mol. The van der Waals surface area contributed by atoms with Crippen LogP contribution in [0.25, 0.3) is 0 Å². The first-order valence-corrected chi connectivity index (χ1v) is 9.41. The SMILES string of the molecule is O[C@@](Cn1cncn1)(c1ccc(F)cc1F)[C@@H](CC1CCCO1)C(S)S. The Balaban J connectivity index is 2.01. The summed E-state index contributed by atoms with van der Waals surface area (Å²) >= 11 is 8.84. The second kappa shape index (κ2) is 8.24. The van der Waals surface area contributed by atoms with Gasteiger partial charge < -0.3 is 9.84 Å². The number of hydrogen-bond donors (Lipinski definition) is 3. The van der Waals surface area contributed by atoms with Gasteiger partial charge in [0.05, 0.1) is 17.2 Å². The van der Waals surface area contributed by atoms with Crippen LogP contribution < -0.4 is 0 Å². The van der Waals surface area contributed by atoms with Gasteiger partial charge in [-0.1, -0.05) is 6.07 Å². The van der Waals surface area contributed by atoms with Crippen molar-refractivity contribution in [3.05, 3.63) is 48.1 Å². The van der Waals surface area contributed by atoms with Crippen LogP contribution in [0.2, 0.25) is 0 Å². The number of aromatic nitrogens is 3. The minimum absolute atomic E-state index is 0.0227. The summed E-state index contributed by atoms with van der Waals surface area (Å²) in [6.45, 7) is 0.595. The maximum atomic E-state index is 14.6. The summed E-state index contributed by atoms with van der Waals surface area (Å²) in [6.07, 6.45) is 4.94. The highest BCUT2D eigenvalue weighted by atomic mass is 32.2. The van der Waals surface area contributed by atoms with Crippen molar-refractivity contribution in [2.24, 2.45) is 5.92 Å². The van der Waals surface area contributed by atoms with Crippen molar-refractivity contribution in [3.63, 3.8) is 0 Å². The number of halogens is 2. The van der Waals surface area contributed by atoms with Crippen LogP contribution in [0.3, 0.4) is 0 Å². The minimum atomic E-state index is -1.72. The van der Waals surface area contributed by atoms with E-state index in [9.17, 15) is 13.9 Å². The molecule has 1 aliphatic heterocycles. The number of hydrogen-bond acceptors (Lipinski definition) is 6. The smallest absolute Gasteiger partial charge is 0.137 e. The Kier molecular flexibility index (Phi) is 6.21. The largest absolute Gasteiger partial charge is 0.383 e. The van der Waals surface area contributed by atoms with Crippen molar-refractivity contribution < 1.29 is 18.6 Å². The molecule has 2 heterocycles. The first kappa shape index (κ1) is 19.6. The van der Waals surface area contributed by atoms with Gasteiger partial charge >= 0.3 is 0 Å². The van der Waals surface area contributed by atoms with E-state index in [1.165, 1.54) is 23.4 Å². The third-order valence-electron chi connectivity index (χ3n) is 4.78. The lowest BCUT2D eigenvalue weighted by molar-refractivity contribution is -0.0575. The zero-order valence-corrected chi connectivity index (χ0v) is 15.8. The van der Waals surface area contributed by atoms with E-state index in [1.54, 1.807) is 0 Å². The second-order valence-corrected chi connectivity index (χ2v) is 8.05. The van der Waals surface area contributed by atoms with Gasteiger partial charge in [-0.3, -0.25) is 0 Å². The van der Waals surface area contributed by atoms with E-state index in [1.807, 2.05) is 0 Å². The van der Waals surface area contributed by atoms with Gasteiger partial charge in [0.1, 0.15) is 29.9 Å². The third-order valence-corrected chi connectivity index (χ3v) is 5.50. The lowest BCUT2D eigenvalue weighted by Crippen LogP contribution is -2.45. The van der Waals surface area contributed by atoms with Crippen LogP contribution in [-0.4, -0.2) is 37.2 Å². The Bertz CT molecular complexity index is 727. The summed E-state index contributed by atoms with van der Waals surface area (Å²) < 4.78 is 34.5. The molecule has 0 aliphatic carbocycles. The van der Waals surface area contributed by atoms with E-state index in [4.69, 9.17) is 4.74 Å². The van der Waals surface area contributed by atoms with E-state index in [2.05, 4.69) is 35.3 Å². The Hall–Kier alpha value is -1.16. The van der Waals surface area contributed by atoms with Gasteiger partial charge in [-0.25, -0.2) is 18.4 Å². The molecule has 3 atom stereocenters. The molecule has 9 heteroatoms. The first-order valence-electron chi connectivity index (χ1n) is 8.38. The monoisotopic (exact) mass is 401 g/mol. The van der Waals surface area contributed by atoms with Crippen LogP contribution in [0.5, 0.6) is 0 Å². The predicted molar refractivity (Wildman–Crippen MR) is 99.1 cm³/mol. The molecule has 0 spiro atoms. The molecular weight excluding hydrogens is 380 g/mol. The van der Waals surface area contributed by atoms with E-state index in [-0.39, 0.29) is 18.2 Å². The Labute approximate surface area is 161 Å². The summed E-state index contributed by atoms with van der Waals surface area (Å²) in [5.41, 5.74) is -1.74. The fraction of sp³-hybridized carbons (Fsp3) is 0.529. The molecule has 0 amide bonds. The van der Waals surface area contributed by atoms with E-state index in [0.29, 0.717) is 13.0 Å². The quantitative estimate of drug-likeness (QED) is 0.493. The summed E-state index contributed by atoms with van der Waals surface area (Å²) in [7, 11) is 0. The Morgan fingerprint density at radius 1 is 1.38 bits per heavy atom. The summed E-state index contributed by atoms with van der Waals surface area (Å²) in [5.74, 6) is -2.10. The summed E-state index contributed by atoms with van der Waals surface area (Å²) in [4.78, 5) is 3.87. The average Bonchev–Trinajstić information content (AvgIpc) is 3.25. The van der Waals surface area contributed by atoms with Gasteiger partial charge in [0.15, 0.2) is 0 Å². The van der Waals surface area contributed by atoms with Crippen LogP contribution in [0, 0.1) is 17.6 Å². The molecule has 1 aromatic carbocycles. The van der Waals surface area contributed by atoms with Crippen LogP contribution in [0.4, 0.5) is 8.78 Å². The Morgan fingerprint density at radius 2 is 2.19 bits per heavy atom. The first-order chi connectivity index (χ1) is 12.4. The zero-order chi connectivity index (χ0) is 18.7. The molecule has 142 valence electrons. The highest BCUT2D eigenvalue weighted by Gasteiger charge is 2.45. The number of aliphatic hydroxyl groups is 1. The summed E-state index contributed by atoms with van der Waals surface area (Å²) in [5, 5.41) is 15.6. The van der Waals surface area contributed by atoms with Crippen LogP contribution in [0.15, 0.2) is 30.9 Å². The van der Waals surface area contributed by atoms with Gasteiger partial charge in [0.2, 0.25) is 0 Å². The Morgan fingerprint density at radius 3 is 2.77 bits per heavy atom. The van der Waals surface area contributed by atoms with Crippen molar-refractivity contribution in [3.8, 4) is 0 Å². The number of ether oxygens (including phenoxy) is 1. The van der Waals surface area contributed by atoms with Gasteiger partial charge in [0.25, 0.3) is 0 Å². The molecule has 5 nitrogen and oxygen atoms in total. The van der Waals surface area contributed by atoms with E-state index >= 15 is 0 Å². The summed E-state index contributed by atoms with van der Waals surface area (Å²) in [6, 6.07) is 3.14. The van der Waals surface area contributed by atoms with Crippen LogP contribution in [0.1, 0.15) is 24.8 Å². The molecule has 0 radical (unpaired) electrons. The maximum Gasteiger partial charge on any atom is 0.137 e. The molecule has 1 saturated heterocycles. The van der Waals surface area contributed by atoms with Gasteiger partial charge in [-0.15, -0.1) is 0 Å². The van der Waals surface area contributed by atoms with E-state index < -0.39 is 27.7 Å². The molecule has 1 fully saturated rings. The lowest BCUT2D eigenvalue weighted by atomic mass is 9.78. The second-order valence-electron chi connectivity index (χ2n) is 6.53. The molecule has 3 rings (SSSR count). The molecular formula is C17H21F2N3O2S2. The van der Waals surface area contributed by atoms with Crippen molar-refractivity contribution in [2.45, 2.75) is 42.1 Å². The van der Waals surface area contributed by atoms with Crippen molar-refractivity contribution in [1.29, 1.82) is 0 Å². The molecule has 1 unspecified atom stereocenters. The highest BCUT2D eigenvalue weighted by molar-refractivity contribution is 7.99. The molecule has 26 heavy (non-hydrogen) atoms. The molecule has 1 aromatic heterocycles. The van der Waals surface area contributed by atoms with Crippen LogP contribution in [-0.2, 0) is 16.9 Å². The van der Waals surface area contributed by atoms with Crippen molar-refractivity contribution in [1.82, 2.24) is 14.8 Å². The maximum absolute atomic E-state index is 14.6. The van der Waals surface area contributed by atoms with Crippen molar-refractivity contribution >= 4 is 25.3 Å². The normalized spacial score (nSPS) is 21.1. The topological polar surface area (TPSA) is 60.2 Å². The zero-order valence-electron chi connectivity index (χ0n) is 14.0. The number of benzene rings is 1. The number of thiol groups is 2.